The number of rotatable bonds is 5. The molecule has 7 nitrogen and oxygen atoms in total. The lowest BCUT2D eigenvalue weighted by molar-refractivity contribution is -0.150. The van der Waals surface area contributed by atoms with E-state index < -0.39 is 11.3 Å². The summed E-state index contributed by atoms with van der Waals surface area (Å²) in [4.78, 5) is 44.5. The fraction of sp³-hybridized carbons (Fsp3) is 0.360. The molecule has 1 heterocycles. The number of Topliss-reactive ketones (excluding diaryl/α,β-unsaturated/α-hetero) is 2. The van der Waals surface area contributed by atoms with Crippen LogP contribution in [-0.2, 0) is 19.2 Å². The molecule has 0 aromatic heterocycles. The van der Waals surface area contributed by atoms with Crippen molar-refractivity contribution in [2.45, 2.75) is 25.7 Å². The summed E-state index contributed by atoms with van der Waals surface area (Å²) in [5.74, 6) is -1.41. The van der Waals surface area contributed by atoms with Gasteiger partial charge in [-0.2, -0.15) is 0 Å². The molecule has 0 atom stereocenters. The first-order chi connectivity index (χ1) is 15.8. The molecule has 2 fully saturated rings. The molecule has 4 rings (SSSR count). The van der Waals surface area contributed by atoms with Gasteiger partial charge in [0.25, 0.3) is 5.91 Å². The summed E-state index contributed by atoms with van der Waals surface area (Å²) >= 11 is 0. The Kier molecular flexibility index (Phi) is 6.01. The molecule has 0 radical (unpaired) electrons. The van der Waals surface area contributed by atoms with Crippen molar-refractivity contribution in [1.82, 2.24) is 4.90 Å². The van der Waals surface area contributed by atoms with E-state index in [9.17, 15) is 18.8 Å². The smallest absolute Gasteiger partial charge is 0.268 e. The second kappa shape index (κ2) is 8.77. The summed E-state index contributed by atoms with van der Waals surface area (Å²) in [6.07, 6.45) is 1.52. The van der Waals surface area contributed by atoms with Gasteiger partial charge in [0, 0.05) is 36.9 Å². The highest BCUT2D eigenvalue weighted by Gasteiger charge is 2.53. The van der Waals surface area contributed by atoms with E-state index in [1.165, 1.54) is 26.4 Å². The van der Waals surface area contributed by atoms with Crippen molar-refractivity contribution in [3.8, 4) is 16.9 Å². The maximum atomic E-state index is 13.3. The first-order valence-corrected chi connectivity index (χ1v) is 10.6. The van der Waals surface area contributed by atoms with Crippen LogP contribution in [0.5, 0.6) is 5.75 Å². The average Bonchev–Trinajstić information content (AvgIpc) is 2.76. The number of carbonyl (C=O) groups excluding carboxylic acids is 3. The van der Waals surface area contributed by atoms with Crippen LogP contribution in [-0.4, -0.2) is 55.9 Å². The van der Waals surface area contributed by atoms with E-state index in [2.05, 4.69) is 9.99 Å². The third kappa shape index (κ3) is 4.25. The van der Waals surface area contributed by atoms with Crippen LogP contribution in [0.1, 0.15) is 29.9 Å². The summed E-state index contributed by atoms with van der Waals surface area (Å²) in [6.45, 7) is 2.52. The van der Waals surface area contributed by atoms with Crippen LogP contribution in [0, 0.1) is 18.2 Å². The molecule has 1 saturated heterocycles. The first kappa shape index (κ1) is 22.6. The molecule has 1 aliphatic heterocycles. The van der Waals surface area contributed by atoms with E-state index in [1.54, 1.807) is 23.1 Å². The highest BCUT2D eigenvalue weighted by atomic mass is 19.1. The van der Waals surface area contributed by atoms with Crippen molar-refractivity contribution in [3.63, 3.8) is 0 Å². The Hall–Kier alpha value is -3.55. The van der Waals surface area contributed by atoms with Gasteiger partial charge in [0.2, 0.25) is 0 Å². The second-order valence-electron chi connectivity index (χ2n) is 8.75. The fourth-order valence-corrected chi connectivity index (χ4v) is 4.94. The molecule has 172 valence electrons. The number of hydrogen-bond acceptors (Lipinski definition) is 6. The van der Waals surface area contributed by atoms with E-state index in [0.717, 1.165) is 22.9 Å². The third-order valence-electron chi connectivity index (χ3n) is 6.41. The SMILES string of the molecule is CO/N=C/C(=O)N1CC2(CC(=O)C(c3c(C)cc(-c4ccc(F)cc4)cc3OC)C(=O)C2)C1. The Morgan fingerprint density at radius 2 is 1.73 bits per heavy atom. The fourth-order valence-electron chi connectivity index (χ4n) is 4.94. The predicted octanol–water partition coefficient (Wildman–Crippen LogP) is 3.29. The molecule has 33 heavy (non-hydrogen) atoms. The third-order valence-corrected chi connectivity index (χ3v) is 6.41. The van der Waals surface area contributed by atoms with Gasteiger partial charge in [-0.1, -0.05) is 23.4 Å². The number of amides is 1. The Bertz CT molecular complexity index is 1120. The lowest BCUT2D eigenvalue weighted by Crippen LogP contribution is -2.62. The lowest BCUT2D eigenvalue weighted by atomic mass is 9.63. The molecule has 1 spiro atoms. The van der Waals surface area contributed by atoms with Crippen molar-refractivity contribution in [2.24, 2.45) is 10.6 Å². The molecule has 1 aliphatic carbocycles. The predicted molar refractivity (Wildman–Crippen MR) is 120 cm³/mol. The number of carbonyl (C=O) groups is 3. The molecule has 2 aromatic rings. The Morgan fingerprint density at radius 1 is 1.09 bits per heavy atom. The topological polar surface area (TPSA) is 85.3 Å². The monoisotopic (exact) mass is 452 g/mol. The van der Waals surface area contributed by atoms with Gasteiger partial charge in [0.15, 0.2) is 0 Å². The van der Waals surface area contributed by atoms with Gasteiger partial charge in [0.1, 0.15) is 42.4 Å². The number of ketones is 2. The zero-order chi connectivity index (χ0) is 23.8. The van der Waals surface area contributed by atoms with Crippen molar-refractivity contribution in [1.29, 1.82) is 0 Å². The number of likely N-dealkylation sites (tertiary alicyclic amines) is 1. The number of hydrogen-bond donors (Lipinski definition) is 0. The molecule has 2 aliphatic rings. The Labute approximate surface area is 191 Å². The van der Waals surface area contributed by atoms with Gasteiger partial charge in [-0.05, 0) is 41.8 Å². The van der Waals surface area contributed by atoms with Crippen LogP contribution in [0.25, 0.3) is 11.1 Å². The number of benzene rings is 2. The van der Waals surface area contributed by atoms with E-state index >= 15 is 0 Å². The summed E-state index contributed by atoms with van der Waals surface area (Å²) < 4.78 is 18.9. The first-order valence-electron chi connectivity index (χ1n) is 10.6. The highest BCUT2D eigenvalue weighted by molar-refractivity contribution is 6.26. The number of methoxy groups -OCH3 is 1. The number of aryl methyl sites for hydroxylation is 1. The van der Waals surface area contributed by atoms with Gasteiger partial charge < -0.3 is 14.5 Å². The summed E-state index contributed by atoms with van der Waals surface area (Å²) in [5.41, 5.74) is 2.44. The molecule has 0 bridgehead atoms. The van der Waals surface area contributed by atoms with Crippen molar-refractivity contribution >= 4 is 23.7 Å². The van der Waals surface area contributed by atoms with E-state index in [0.29, 0.717) is 24.4 Å². The van der Waals surface area contributed by atoms with Crippen LogP contribution in [0.2, 0.25) is 0 Å². The molecule has 1 amide bonds. The van der Waals surface area contributed by atoms with E-state index in [4.69, 9.17) is 4.74 Å². The number of nitrogens with zero attached hydrogens (tertiary/aromatic N) is 2. The van der Waals surface area contributed by atoms with Crippen LogP contribution in [0.3, 0.4) is 0 Å². The molecule has 2 aromatic carbocycles. The largest absolute Gasteiger partial charge is 0.496 e. The minimum atomic E-state index is -0.896. The molecular formula is C25H25FN2O5. The second-order valence-corrected chi connectivity index (χ2v) is 8.75. The minimum Gasteiger partial charge on any atom is -0.496 e. The molecule has 1 saturated carbocycles. The quantitative estimate of drug-likeness (QED) is 0.395. The van der Waals surface area contributed by atoms with Crippen molar-refractivity contribution < 1.29 is 28.3 Å². The van der Waals surface area contributed by atoms with Crippen molar-refractivity contribution in [3.05, 3.63) is 53.3 Å². The molecule has 0 N–H and O–H groups in total. The van der Waals surface area contributed by atoms with Crippen molar-refractivity contribution in [2.75, 3.05) is 27.3 Å². The zero-order valence-corrected chi connectivity index (χ0v) is 18.8. The lowest BCUT2D eigenvalue weighted by Gasteiger charge is -2.51. The summed E-state index contributed by atoms with van der Waals surface area (Å²) in [6, 6.07) is 9.77. The van der Waals surface area contributed by atoms with Gasteiger partial charge in [-0.3, -0.25) is 14.4 Å². The normalized spacial score (nSPS) is 18.0. The highest BCUT2D eigenvalue weighted by Crippen LogP contribution is 2.47. The molecule has 0 unspecified atom stereocenters. The number of halogens is 1. The number of ether oxygens (including phenoxy) is 1. The van der Waals surface area contributed by atoms with Crippen LogP contribution in [0.15, 0.2) is 41.6 Å². The van der Waals surface area contributed by atoms with Gasteiger partial charge >= 0.3 is 0 Å². The van der Waals surface area contributed by atoms with Crippen LogP contribution >= 0.6 is 0 Å². The van der Waals surface area contributed by atoms with Gasteiger partial charge in [-0.15, -0.1) is 0 Å². The summed E-state index contributed by atoms with van der Waals surface area (Å²) in [7, 11) is 2.85. The molecular weight excluding hydrogens is 427 g/mol. The minimum absolute atomic E-state index is 0.167. The number of oxime groups is 1. The van der Waals surface area contributed by atoms with Gasteiger partial charge in [0.05, 0.1) is 7.11 Å². The Balaban J connectivity index is 1.57. The van der Waals surface area contributed by atoms with E-state index in [1.807, 2.05) is 13.0 Å². The summed E-state index contributed by atoms with van der Waals surface area (Å²) in [5, 5.41) is 3.47. The maximum absolute atomic E-state index is 13.3. The maximum Gasteiger partial charge on any atom is 0.268 e. The average molecular weight is 452 g/mol. The van der Waals surface area contributed by atoms with Gasteiger partial charge in [-0.25, -0.2) is 4.39 Å². The zero-order valence-electron chi connectivity index (χ0n) is 18.8. The van der Waals surface area contributed by atoms with Crippen LogP contribution < -0.4 is 4.74 Å². The molecule has 8 heteroatoms. The van der Waals surface area contributed by atoms with E-state index in [-0.39, 0.29) is 36.1 Å². The van der Waals surface area contributed by atoms with Crippen LogP contribution in [0.4, 0.5) is 4.39 Å². The standard InChI is InChI=1S/C25H25FN2O5/c1-15-8-17(16-4-6-18(26)7-5-16)9-21(32-2)23(15)24-19(29)10-25(11-20(24)30)13-28(14-25)22(31)12-27-33-3/h4-9,12,24H,10-11,13-14H2,1-3H3/b27-12+. The Morgan fingerprint density at radius 3 is 2.30 bits per heavy atom.